The van der Waals surface area contributed by atoms with Crippen molar-refractivity contribution >= 4 is 18.4 Å². The summed E-state index contributed by atoms with van der Waals surface area (Å²) < 4.78 is 0. The molecule has 0 aliphatic carbocycles. The second-order valence-electron chi connectivity index (χ2n) is 3.52. The van der Waals surface area contributed by atoms with Crippen LogP contribution in [0.3, 0.4) is 0 Å². The zero-order valence-electron chi connectivity index (χ0n) is 11.1. The predicted octanol–water partition coefficient (Wildman–Crippen LogP) is 5.01. The molecule has 0 radical (unpaired) electrons. The molecule has 2 heteroatoms. The van der Waals surface area contributed by atoms with Crippen molar-refractivity contribution in [3.63, 3.8) is 0 Å². The number of hydrogen-bond acceptors (Lipinski definition) is 2. The van der Waals surface area contributed by atoms with Gasteiger partial charge in [0.05, 0.1) is 0 Å². The van der Waals surface area contributed by atoms with Crippen LogP contribution >= 0.6 is 12.6 Å². The van der Waals surface area contributed by atoms with Crippen molar-refractivity contribution in [1.82, 2.24) is 0 Å². The normalized spacial score (nSPS) is 8.12. The third-order valence-electron chi connectivity index (χ3n) is 1.27. The fraction of sp³-hybridized carbons (Fsp3) is 0.500. The van der Waals surface area contributed by atoms with Gasteiger partial charge in [0, 0.05) is 10.5 Å². The Morgan fingerprint density at radius 2 is 1.31 bits per heavy atom. The maximum absolute atomic E-state index is 10.7. The Hall–Kier alpha value is -0.760. The van der Waals surface area contributed by atoms with Crippen LogP contribution in [0, 0.1) is 0 Å². The van der Waals surface area contributed by atoms with E-state index < -0.39 is 0 Å². The van der Waals surface area contributed by atoms with E-state index in [4.69, 9.17) is 0 Å². The van der Waals surface area contributed by atoms with Crippen LogP contribution in [-0.2, 0) is 0 Å². The van der Waals surface area contributed by atoms with E-state index >= 15 is 0 Å². The van der Waals surface area contributed by atoms with Gasteiger partial charge in [-0.3, -0.25) is 4.79 Å². The molecule has 0 aliphatic heterocycles. The van der Waals surface area contributed by atoms with Crippen LogP contribution in [0.25, 0.3) is 0 Å². The molecule has 0 aliphatic rings. The highest BCUT2D eigenvalue weighted by molar-refractivity contribution is 7.80. The molecule has 0 bridgehead atoms. The van der Waals surface area contributed by atoms with E-state index in [2.05, 4.69) is 40.3 Å². The van der Waals surface area contributed by atoms with E-state index in [0.29, 0.717) is 0 Å². The summed E-state index contributed by atoms with van der Waals surface area (Å²) in [6, 6.07) is 7.15. The first-order valence-electron chi connectivity index (χ1n) is 5.83. The molecule has 16 heavy (non-hydrogen) atoms. The molecule has 1 aromatic carbocycles. The Morgan fingerprint density at radius 1 is 1.00 bits per heavy atom. The summed E-state index contributed by atoms with van der Waals surface area (Å²) in [5.41, 5.74) is 0.734. The van der Waals surface area contributed by atoms with E-state index in [-0.39, 0.29) is 5.78 Å². The molecule has 0 N–H and O–H groups in total. The Bertz CT molecular complexity index is 263. The molecule has 0 amide bonds. The van der Waals surface area contributed by atoms with Gasteiger partial charge in [-0.05, 0) is 19.1 Å². The molecule has 0 aromatic heterocycles. The largest absolute Gasteiger partial charge is 0.295 e. The van der Waals surface area contributed by atoms with E-state index in [1.165, 1.54) is 12.8 Å². The van der Waals surface area contributed by atoms with Crippen LogP contribution in [0.15, 0.2) is 29.2 Å². The molecule has 0 fully saturated rings. The van der Waals surface area contributed by atoms with E-state index in [0.717, 1.165) is 10.5 Å². The zero-order valence-corrected chi connectivity index (χ0v) is 12.0. The van der Waals surface area contributed by atoms with E-state index in [9.17, 15) is 4.79 Å². The third kappa shape index (κ3) is 11.3. The fourth-order valence-corrected chi connectivity index (χ4v) is 0.845. The molecule has 1 aromatic rings. The molecular formula is C14H24OS. The molecule has 1 rings (SSSR count). The van der Waals surface area contributed by atoms with Crippen LogP contribution in [-0.4, -0.2) is 5.78 Å². The van der Waals surface area contributed by atoms with Crippen LogP contribution in [0.2, 0.25) is 0 Å². The van der Waals surface area contributed by atoms with Crippen LogP contribution in [0.5, 0.6) is 0 Å². The van der Waals surface area contributed by atoms with Gasteiger partial charge >= 0.3 is 0 Å². The average molecular weight is 240 g/mol. The quantitative estimate of drug-likeness (QED) is 0.539. The zero-order chi connectivity index (χ0) is 13.0. The Balaban J connectivity index is 0. The highest BCUT2D eigenvalue weighted by Gasteiger charge is 1.95. The lowest BCUT2D eigenvalue weighted by Gasteiger charge is -1.93. The Kier molecular flexibility index (Phi) is 13.6. The number of benzene rings is 1. The van der Waals surface area contributed by atoms with Crippen molar-refractivity contribution in [1.29, 1.82) is 0 Å². The van der Waals surface area contributed by atoms with Gasteiger partial charge in [-0.25, -0.2) is 0 Å². The fourth-order valence-electron chi connectivity index (χ4n) is 0.696. The maximum atomic E-state index is 10.7. The molecule has 1 nitrogen and oxygen atoms in total. The van der Waals surface area contributed by atoms with Crippen molar-refractivity contribution in [2.75, 3.05) is 0 Å². The number of thiol groups is 1. The highest BCUT2D eigenvalue weighted by Crippen LogP contribution is 2.07. The first-order chi connectivity index (χ1) is 7.53. The van der Waals surface area contributed by atoms with Gasteiger partial charge in [-0.15, -0.1) is 12.6 Å². The SMILES string of the molecule is CC(=O)c1ccc(S)cc1.CCC.CCC. The maximum Gasteiger partial charge on any atom is 0.159 e. The number of rotatable bonds is 1. The van der Waals surface area contributed by atoms with Crippen LogP contribution < -0.4 is 0 Å². The lowest BCUT2D eigenvalue weighted by atomic mass is 10.2. The minimum atomic E-state index is 0.0910. The Labute approximate surface area is 106 Å². The standard InChI is InChI=1S/C8H8OS.2C3H8/c1-6(9)7-2-4-8(10)5-3-7;2*1-3-2/h2-5,10H,1H3;2*3H2,1-2H3. The first-order valence-corrected chi connectivity index (χ1v) is 6.27. The van der Waals surface area contributed by atoms with Crippen LogP contribution in [0.1, 0.15) is 57.8 Å². The van der Waals surface area contributed by atoms with E-state index in [1.807, 2.05) is 0 Å². The van der Waals surface area contributed by atoms with Gasteiger partial charge in [0.1, 0.15) is 0 Å². The summed E-state index contributed by atoms with van der Waals surface area (Å²) in [6.07, 6.45) is 2.50. The predicted molar refractivity (Wildman–Crippen MR) is 75.6 cm³/mol. The monoisotopic (exact) mass is 240 g/mol. The Morgan fingerprint density at radius 3 is 1.56 bits per heavy atom. The minimum absolute atomic E-state index is 0.0910. The molecule has 0 spiro atoms. The van der Waals surface area contributed by atoms with Gasteiger partial charge in [0.25, 0.3) is 0 Å². The van der Waals surface area contributed by atoms with Crippen LogP contribution in [0.4, 0.5) is 0 Å². The van der Waals surface area contributed by atoms with Gasteiger partial charge in [0.15, 0.2) is 5.78 Å². The summed E-state index contributed by atoms with van der Waals surface area (Å²) in [6.45, 7) is 10.0. The van der Waals surface area contributed by atoms with Gasteiger partial charge in [-0.1, -0.05) is 52.7 Å². The number of carbonyl (C=O) groups excluding carboxylic acids is 1. The minimum Gasteiger partial charge on any atom is -0.295 e. The average Bonchev–Trinajstić information content (AvgIpc) is 2.20. The van der Waals surface area contributed by atoms with Crippen molar-refractivity contribution in [2.45, 2.75) is 52.4 Å². The summed E-state index contributed by atoms with van der Waals surface area (Å²) >= 11 is 4.09. The van der Waals surface area contributed by atoms with Crippen molar-refractivity contribution in [3.05, 3.63) is 29.8 Å². The molecule has 0 heterocycles. The van der Waals surface area contributed by atoms with Gasteiger partial charge in [0.2, 0.25) is 0 Å². The van der Waals surface area contributed by atoms with Gasteiger partial charge in [-0.2, -0.15) is 0 Å². The second kappa shape index (κ2) is 12.3. The number of ketones is 1. The summed E-state index contributed by atoms with van der Waals surface area (Å²) in [4.78, 5) is 11.6. The molecule has 0 saturated heterocycles. The third-order valence-corrected chi connectivity index (χ3v) is 1.57. The summed E-state index contributed by atoms with van der Waals surface area (Å²) in [5, 5.41) is 0. The number of carbonyl (C=O) groups is 1. The first kappa shape index (κ1) is 17.6. The molecule has 0 unspecified atom stereocenters. The van der Waals surface area contributed by atoms with E-state index in [1.54, 1.807) is 31.2 Å². The lowest BCUT2D eigenvalue weighted by Crippen LogP contribution is -1.89. The second-order valence-corrected chi connectivity index (χ2v) is 4.03. The summed E-state index contributed by atoms with van der Waals surface area (Å²) in [7, 11) is 0. The molecule has 0 atom stereocenters. The highest BCUT2D eigenvalue weighted by atomic mass is 32.1. The topological polar surface area (TPSA) is 17.1 Å². The lowest BCUT2D eigenvalue weighted by molar-refractivity contribution is 0.101. The van der Waals surface area contributed by atoms with Gasteiger partial charge < -0.3 is 0 Å². The summed E-state index contributed by atoms with van der Waals surface area (Å²) in [5.74, 6) is 0.0910. The molecule has 92 valence electrons. The van der Waals surface area contributed by atoms with Crippen molar-refractivity contribution < 1.29 is 4.79 Å². The smallest absolute Gasteiger partial charge is 0.159 e. The van der Waals surface area contributed by atoms with Crippen molar-refractivity contribution in [3.8, 4) is 0 Å². The molecular weight excluding hydrogens is 216 g/mol. The number of hydrogen-bond donors (Lipinski definition) is 1. The number of Topliss-reactive ketones (excluding diaryl/α,β-unsaturated/α-hetero) is 1. The van der Waals surface area contributed by atoms with Crippen molar-refractivity contribution in [2.24, 2.45) is 0 Å². The molecule has 0 saturated carbocycles.